The van der Waals surface area contributed by atoms with Crippen LogP contribution in [0.2, 0.25) is 0 Å². The minimum atomic E-state index is -0.383. The lowest BCUT2D eigenvalue weighted by atomic mass is 10.2. The van der Waals surface area contributed by atoms with Gasteiger partial charge < -0.3 is 10.2 Å². The molecule has 2 aromatic heterocycles. The van der Waals surface area contributed by atoms with Crippen molar-refractivity contribution in [2.45, 2.75) is 38.6 Å². The fourth-order valence-corrected chi connectivity index (χ4v) is 3.55. The average molecular weight is 344 g/mol. The van der Waals surface area contributed by atoms with Crippen LogP contribution in [-0.2, 0) is 9.59 Å². The second-order valence-electron chi connectivity index (χ2n) is 5.74. The predicted octanol–water partition coefficient (Wildman–Crippen LogP) is 2.93. The molecule has 0 bridgehead atoms. The van der Waals surface area contributed by atoms with Crippen molar-refractivity contribution in [2.75, 3.05) is 11.9 Å². The van der Waals surface area contributed by atoms with Gasteiger partial charge in [0.15, 0.2) is 5.13 Å². The molecule has 1 unspecified atom stereocenters. The van der Waals surface area contributed by atoms with Gasteiger partial charge in [0.2, 0.25) is 11.8 Å². The maximum atomic E-state index is 12.5. The standard InChI is InChI=1S/C17H20N4O2S/c1-2-6-15(22)21-10-5-8-14(21)16(23)20-17-19-13(11-24-17)12-7-3-4-9-18-12/h3-4,7,9,11,14H,2,5-6,8,10H2,1H3,(H,19,20,23). The minimum Gasteiger partial charge on any atom is -0.331 e. The number of pyridine rings is 1. The van der Waals surface area contributed by atoms with Gasteiger partial charge in [-0.05, 0) is 31.4 Å². The highest BCUT2D eigenvalue weighted by Gasteiger charge is 2.33. The van der Waals surface area contributed by atoms with Crippen LogP contribution >= 0.6 is 11.3 Å². The number of hydrogen-bond acceptors (Lipinski definition) is 5. The van der Waals surface area contributed by atoms with Crippen molar-refractivity contribution >= 4 is 28.3 Å². The Balaban J connectivity index is 1.67. The monoisotopic (exact) mass is 344 g/mol. The van der Waals surface area contributed by atoms with Gasteiger partial charge in [0, 0.05) is 24.5 Å². The van der Waals surface area contributed by atoms with E-state index in [1.54, 1.807) is 11.1 Å². The molecule has 0 saturated carbocycles. The molecule has 3 heterocycles. The van der Waals surface area contributed by atoms with Crippen molar-refractivity contribution in [3.63, 3.8) is 0 Å². The van der Waals surface area contributed by atoms with Crippen molar-refractivity contribution in [1.29, 1.82) is 0 Å². The van der Waals surface area contributed by atoms with Crippen LogP contribution in [0.15, 0.2) is 29.8 Å². The van der Waals surface area contributed by atoms with Crippen molar-refractivity contribution in [1.82, 2.24) is 14.9 Å². The van der Waals surface area contributed by atoms with E-state index in [-0.39, 0.29) is 17.9 Å². The first kappa shape index (κ1) is 16.6. The highest BCUT2D eigenvalue weighted by atomic mass is 32.1. The van der Waals surface area contributed by atoms with E-state index in [0.29, 0.717) is 24.5 Å². The Labute approximate surface area is 144 Å². The lowest BCUT2D eigenvalue weighted by Gasteiger charge is -2.23. The predicted molar refractivity (Wildman–Crippen MR) is 93.6 cm³/mol. The molecule has 1 aliphatic rings. The van der Waals surface area contributed by atoms with Gasteiger partial charge in [-0.1, -0.05) is 13.0 Å². The van der Waals surface area contributed by atoms with Gasteiger partial charge in [-0.15, -0.1) is 11.3 Å². The number of thiazole rings is 1. The lowest BCUT2D eigenvalue weighted by Crippen LogP contribution is -2.43. The maximum absolute atomic E-state index is 12.5. The van der Waals surface area contributed by atoms with E-state index in [2.05, 4.69) is 15.3 Å². The third-order valence-corrected chi connectivity index (χ3v) is 4.76. The van der Waals surface area contributed by atoms with Crippen molar-refractivity contribution < 1.29 is 9.59 Å². The number of nitrogens with one attached hydrogen (secondary N) is 1. The number of carbonyl (C=O) groups is 2. The summed E-state index contributed by atoms with van der Waals surface area (Å²) in [5.41, 5.74) is 1.51. The molecular weight excluding hydrogens is 324 g/mol. The number of nitrogens with zero attached hydrogens (tertiary/aromatic N) is 3. The van der Waals surface area contributed by atoms with E-state index < -0.39 is 0 Å². The molecule has 0 radical (unpaired) electrons. The third-order valence-electron chi connectivity index (χ3n) is 4.00. The third kappa shape index (κ3) is 3.62. The number of hydrogen-bond donors (Lipinski definition) is 1. The zero-order valence-corrected chi connectivity index (χ0v) is 14.4. The maximum Gasteiger partial charge on any atom is 0.248 e. The summed E-state index contributed by atoms with van der Waals surface area (Å²) in [6.07, 6.45) is 4.57. The highest BCUT2D eigenvalue weighted by molar-refractivity contribution is 7.14. The quantitative estimate of drug-likeness (QED) is 0.905. The summed E-state index contributed by atoms with van der Waals surface area (Å²) >= 11 is 1.36. The first-order chi connectivity index (χ1) is 11.7. The molecule has 2 aromatic rings. The molecule has 1 N–H and O–H groups in total. The van der Waals surface area contributed by atoms with E-state index in [4.69, 9.17) is 0 Å². The van der Waals surface area contributed by atoms with Crippen LogP contribution in [0.1, 0.15) is 32.6 Å². The Kier molecular flexibility index (Phi) is 5.20. The van der Waals surface area contributed by atoms with Gasteiger partial charge in [-0.2, -0.15) is 0 Å². The van der Waals surface area contributed by atoms with Crippen LogP contribution in [0.25, 0.3) is 11.4 Å². The van der Waals surface area contributed by atoms with Gasteiger partial charge >= 0.3 is 0 Å². The molecule has 2 amide bonds. The second kappa shape index (κ2) is 7.53. The summed E-state index contributed by atoms with van der Waals surface area (Å²) in [7, 11) is 0. The van der Waals surface area contributed by atoms with Crippen LogP contribution in [0.4, 0.5) is 5.13 Å². The van der Waals surface area contributed by atoms with E-state index >= 15 is 0 Å². The minimum absolute atomic E-state index is 0.0588. The second-order valence-corrected chi connectivity index (χ2v) is 6.60. The highest BCUT2D eigenvalue weighted by Crippen LogP contribution is 2.25. The van der Waals surface area contributed by atoms with E-state index in [1.165, 1.54) is 11.3 Å². The molecule has 1 fully saturated rings. The van der Waals surface area contributed by atoms with Crippen molar-refractivity contribution in [3.05, 3.63) is 29.8 Å². The van der Waals surface area contributed by atoms with Gasteiger partial charge in [0.1, 0.15) is 11.7 Å². The number of likely N-dealkylation sites (tertiary alicyclic amines) is 1. The number of anilines is 1. The molecule has 1 saturated heterocycles. The smallest absolute Gasteiger partial charge is 0.248 e. The number of amides is 2. The molecule has 1 atom stereocenters. The summed E-state index contributed by atoms with van der Waals surface area (Å²) in [6, 6.07) is 5.24. The molecule has 24 heavy (non-hydrogen) atoms. The number of rotatable bonds is 5. The normalized spacial score (nSPS) is 17.0. The zero-order chi connectivity index (χ0) is 16.9. The Hall–Kier alpha value is -2.28. The summed E-state index contributed by atoms with van der Waals surface area (Å²) in [5, 5.41) is 5.25. The molecular formula is C17H20N4O2S. The zero-order valence-electron chi connectivity index (χ0n) is 13.6. The van der Waals surface area contributed by atoms with Crippen LogP contribution in [0.5, 0.6) is 0 Å². The largest absolute Gasteiger partial charge is 0.331 e. The van der Waals surface area contributed by atoms with Gasteiger partial charge in [-0.25, -0.2) is 4.98 Å². The summed E-state index contributed by atoms with van der Waals surface area (Å²) in [5.74, 6) is -0.0951. The fraction of sp³-hybridized carbons (Fsp3) is 0.412. The molecule has 126 valence electrons. The Morgan fingerprint density at radius 2 is 2.25 bits per heavy atom. The molecule has 0 spiro atoms. The van der Waals surface area contributed by atoms with Crippen LogP contribution < -0.4 is 5.32 Å². The summed E-state index contributed by atoms with van der Waals surface area (Å²) in [6.45, 7) is 2.63. The fourth-order valence-electron chi connectivity index (χ4n) is 2.85. The van der Waals surface area contributed by atoms with Gasteiger partial charge in [-0.3, -0.25) is 14.6 Å². The number of aromatic nitrogens is 2. The lowest BCUT2D eigenvalue weighted by molar-refractivity contribution is -0.136. The summed E-state index contributed by atoms with van der Waals surface area (Å²) < 4.78 is 0. The van der Waals surface area contributed by atoms with E-state index in [0.717, 1.165) is 24.2 Å². The van der Waals surface area contributed by atoms with E-state index in [1.807, 2.05) is 30.5 Å². The Morgan fingerprint density at radius 1 is 1.38 bits per heavy atom. The molecule has 6 nitrogen and oxygen atoms in total. The molecule has 0 aromatic carbocycles. The first-order valence-corrected chi connectivity index (χ1v) is 9.04. The van der Waals surface area contributed by atoms with Crippen LogP contribution in [0.3, 0.4) is 0 Å². The number of carbonyl (C=O) groups excluding carboxylic acids is 2. The van der Waals surface area contributed by atoms with Gasteiger partial charge in [0.05, 0.1) is 5.69 Å². The average Bonchev–Trinajstić information content (AvgIpc) is 3.25. The van der Waals surface area contributed by atoms with Crippen molar-refractivity contribution in [3.8, 4) is 11.4 Å². The molecule has 1 aliphatic heterocycles. The first-order valence-electron chi connectivity index (χ1n) is 8.16. The van der Waals surface area contributed by atoms with E-state index in [9.17, 15) is 9.59 Å². The molecule has 7 heteroatoms. The van der Waals surface area contributed by atoms with Crippen molar-refractivity contribution in [2.24, 2.45) is 0 Å². The van der Waals surface area contributed by atoms with Crippen LogP contribution in [-0.4, -0.2) is 39.3 Å². The summed E-state index contributed by atoms with van der Waals surface area (Å²) in [4.78, 5) is 35.0. The Bertz CT molecular complexity index is 716. The Morgan fingerprint density at radius 3 is 3.00 bits per heavy atom. The van der Waals surface area contributed by atoms with Gasteiger partial charge in [0.25, 0.3) is 0 Å². The molecule has 3 rings (SSSR count). The van der Waals surface area contributed by atoms with Crippen LogP contribution in [0, 0.1) is 0 Å². The SMILES string of the molecule is CCCC(=O)N1CCCC1C(=O)Nc1nc(-c2ccccn2)cs1. The topological polar surface area (TPSA) is 75.2 Å². The molecule has 0 aliphatic carbocycles.